The third-order valence-electron chi connectivity index (χ3n) is 3.75. The summed E-state index contributed by atoms with van der Waals surface area (Å²) in [6, 6.07) is 12.6. The van der Waals surface area contributed by atoms with Gasteiger partial charge in [-0.2, -0.15) is 0 Å². The van der Waals surface area contributed by atoms with Crippen LogP contribution in [0.1, 0.15) is 38.0 Å². The minimum absolute atomic E-state index is 0.366. The number of hydrogen-bond acceptors (Lipinski definition) is 3. The van der Waals surface area contributed by atoms with Crippen molar-refractivity contribution in [2.75, 3.05) is 0 Å². The zero-order chi connectivity index (χ0) is 14.1. The molecule has 3 rings (SSSR count). The topological polar surface area (TPSA) is 55.1 Å². The lowest BCUT2D eigenvalue weighted by Crippen LogP contribution is -2.16. The molecule has 2 unspecified atom stereocenters. The predicted octanol–water partition coefficient (Wildman–Crippen LogP) is 2.80. The maximum absolute atomic E-state index is 11.0. The number of nitrogens with one attached hydrogen (secondary N) is 1. The summed E-state index contributed by atoms with van der Waals surface area (Å²) in [7, 11) is 0. The van der Waals surface area contributed by atoms with Crippen LogP contribution < -0.4 is 11.1 Å². The minimum Gasteiger partial charge on any atom is -0.366 e. The van der Waals surface area contributed by atoms with Gasteiger partial charge in [0.05, 0.1) is 0 Å². The smallest absolute Gasteiger partial charge is 0.248 e. The van der Waals surface area contributed by atoms with Crippen molar-refractivity contribution >= 4 is 17.2 Å². The molecule has 2 atom stereocenters. The molecular formula is C16H18N2OS. The quantitative estimate of drug-likeness (QED) is 0.888. The lowest BCUT2D eigenvalue weighted by Gasteiger charge is -2.03. The summed E-state index contributed by atoms with van der Waals surface area (Å²) in [5.74, 6) is 0.202. The summed E-state index contributed by atoms with van der Waals surface area (Å²) in [5.41, 5.74) is 7.11. The number of carbonyl (C=O) groups excluding carboxylic acids is 1. The second kappa shape index (κ2) is 5.38. The highest BCUT2D eigenvalue weighted by atomic mass is 32.1. The number of rotatable bonds is 5. The van der Waals surface area contributed by atoms with Crippen LogP contribution in [-0.2, 0) is 6.54 Å². The number of aryl methyl sites for hydroxylation is 1. The Morgan fingerprint density at radius 1 is 1.30 bits per heavy atom. The molecule has 0 spiro atoms. The summed E-state index contributed by atoms with van der Waals surface area (Å²) in [6.07, 6.45) is 1.17. The van der Waals surface area contributed by atoms with Crippen LogP contribution >= 0.6 is 11.3 Å². The largest absolute Gasteiger partial charge is 0.366 e. The maximum Gasteiger partial charge on any atom is 0.248 e. The zero-order valence-electron chi connectivity index (χ0n) is 11.4. The molecule has 0 radical (unpaired) electrons. The highest BCUT2D eigenvalue weighted by Crippen LogP contribution is 2.41. The van der Waals surface area contributed by atoms with Gasteiger partial charge in [-0.1, -0.05) is 12.1 Å². The number of primary amides is 1. The molecule has 1 aromatic heterocycles. The van der Waals surface area contributed by atoms with Crippen LogP contribution in [0.2, 0.25) is 0 Å². The Morgan fingerprint density at radius 3 is 2.65 bits per heavy atom. The summed E-state index contributed by atoms with van der Waals surface area (Å²) in [5, 5.41) is 3.59. The molecule has 1 aliphatic carbocycles. The lowest BCUT2D eigenvalue weighted by molar-refractivity contribution is 0.100. The van der Waals surface area contributed by atoms with Crippen LogP contribution in [0.25, 0.3) is 0 Å². The zero-order valence-corrected chi connectivity index (χ0v) is 12.2. The fourth-order valence-corrected chi connectivity index (χ4v) is 3.34. The molecule has 1 heterocycles. The van der Waals surface area contributed by atoms with E-state index in [1.165, 1.54) is 21.7 Å². The van der Waals surface area contributed by atoms with E-state index >= 15 is 0 Å². The Hall–Kier alpha value is -1.65. The van der Waals surface area contributed by atoms with Gasteiger partial charge < -0.3 is 11.1 Å². The molecule has 20 heavy (non-hydrogen) atoms. The highest BCUT2D eigenvalue weighted by Gasteiger charge is 2.37. The fraction of sp³-hybridized carbons (Fsp3) is 0.312. The summed E-state index contributed by atoms with van der Waals surface area (Å²) in [6.45, 7) is 3.08. The standard InChI is InChI=1S/C16H18N2OS/c1-10-2-7-13(20-10)9-18-15-8-14(15)11-3-5-12(6-4-11)16(17)19/h2-7,14-15,18H,8-9H2,1H3,(H2,17,19). The summed E-state index contributed by atoms with van der Waals surface area (Å²) >= 11 is 1.85. The van der Waals surface area contributed by atoms with E-state index in [-0.39, 0.29) is 5.91 Å². The third-order valence-corrected chi connectivity index (χ3v) is 4.75. The van der Waals surface area contributed by atoms with E-state index in [0.29, 0.717) is 17.5 Å². The van der Waals surface area contributed by atoms with Crippen molar-refractivity contribution in [2.45, 2.75) is 31.8 Å². The molecule has 0 aliphatic heterocycles. The summed E-state index contributed by atoms with van der Waals surface area (Å²) < 4.78 is 0. The van der Waals surface area contributed by atoms with Crippen LogP contribution in [0.3, 0.4) is 0 Å². The molecule has 1 aliphatic rings. The Labute approximate surface area is 122 Å². The maximum atomic E-state index is 11.0. The third kappa shape index (κ3) is 2.92. The van der Waals surface area contributed by atoms with E-state index in [4.69, 9.17) is 5.73 Å². The molecule has 4 heteroatoms. The molecule has 0 bridgehead atoms. The molecular weight excluding hydrogens is 268 g/mol. The van der Waals surface area contributed by atoms with E-state index in [2.05, 4.69) is 24.4 Å². The lowest BCUT2D eigenvalue weighted by atomic mass is 10.1. The van der Waals surface area contributed by atoms with Gasteiger partial charge in [-0.3, -0.25) is 4.79 Å². The highest BCUT2D eigenvalue weighted by molar-refractivity contribution is 7.11. The molecule has 104 valence electrons. The van der Waals surface area contributed by atoms with Gasteiger partial charge in [0.1, 0.15) is 0 Å². The summed E-state index contributed by atoms with van der Waals surface area (Å²) in [4.78, 5) is 13.8. The van der Waals surface area contributed by atoms with Crippen molar-refractivity contribution in [2.24, 2.45) is 5.73 Å². The fourth-order valence-electron chi connectivity index (χ4n) is 2.50. The number of amides is 1. The Kier molecular flexibility index (Phi) is 3.59. The first kappa shape index (κ1) is 13.3. The van der Waals surface area contributed by atoms with Crippen LogP contribution in [-0.4, -0.2) is 11.9 Å². The second-order valence-corrected chi connectivity index (χ2v) is 6.70. The first-order valence-electron chi connectivity index (χ1n) is 6.82. The predicted molar refractivity (Wildman–Crippen MR) is 82.0 cm³/mol. The van der Waals surface area contributed by atoms with Crippen LogP contribution in [0.4, 0.5) is 0 Å². The number of thiophene rings is 1. The monoisotopic (exact) mass is 286 g/mol. The van der Waals surface area contributed by atoms with Crippen LogP contribution in [0.5, 0.6) is 0 Å². The molecule has 1 amide bonds. The van der Waals surface area contributed by atoms with Crippen molar-refractivity contribution in [3.8, 4) is 0 Å². The molecule has 2 aromatic rings. The van der Waals surface area contributed by atoms with Crippen molar-refractivity contribution in [3.63, 3.8) is 0 Å². The van der Waals surface area contributed by atoms with E-state index in [1.807, 2.05) is 35.6 Å². The van der Waals surface area contributed by atoms with E-state index in [0.717, 1.165) is 6.54 Å². The average molecular weight is 286 g/mol. The van der Waals surface area contributed by atoms with Crippen molar-refractivity contribution in [3.05, 3.63) is 57.3 Å². The molecule has 3 nitrogen and oxygen atoms in total. The van der Waals surface area contributed by atoms with E-state index in [1.54, 1.807) is 0 Å². The van der Waals surface area contributed by atoms with Crippen LogP contribution in [0.15, 0.2) is 36.4 Å². The first-order chi connectivity index (χ1) is 9.63. The van der Waals surface area contributed by atoms with E-state index in [9.17, 15) is 4.79 Å². The second-order valence-electron chi connectivity index (χ2n) is 5.33. The molecule has 1 saturated carbocycles. The SMILES string of the molecule is Cc1ccc(CNC2CC2c2ccc(C(N)=O)cc2)s1. The van der Waals surface area contributed by atoms with E-state index < -0.39 is 0 Å². The number of hydrogen-bond donors (Lipinski definition) is 2. The van der Waals surface area contributed by atoms with Gasteiger partial charge in [0.2, 0.25) is 5.91 Å². The Balaban J connectivity index is 1.54. The van der Waals surface area contributed by atoms with Crippen molar-refractivity contribution in [1.29, 1.82) is 0 Å². The van der Waals surface area contributed by atoms with Gasteiger partial charge in [0.15, 0.2) is 0 Å². The average Bonchev–Trinajstić information content (AvgIpc) is 3.11. The van der Waals surface area contributed by atoms with Gasteiger partial charge >= 0.3 is 0 Å². The molecule has 1 aromatic carbocycles. The molecule has 0 saturated heterocycles. The Morgan fingerprint density at radius 2 is 2.05 bits per heavy atom. The molecule has 3 N–H and O–H groups in total. The Bertz CT molecular complexity index is 618. The number of nitrogens with two attached hydrogens (primary N) is 1. The van der Waals surface area contributed by atoms with Crippen LogP contribution in [0, 0.1) is 6.92 Å². The van der Waals surface area contributed by atoms with Crippen molar-refractivity contribution < 1.29 is 4.79 Å². The minimum atomic E-state index is -0.366. The van der Waals surface area contributed by atoms with Crippen molar-refractivity contribution in [1.82, 2.24) is 5.32 Å². The van der Waals surface area contributed by atoms with Gasteiger partial charge in [0, 0.05) is 33.8 Å². The normalized spacial score (nSPS) is 20.9. The van der Waals surface area contributed by atoms with Gasteiger partial charge in [-0.25, -0.2) is 0 Å². The van der Waals surface area contributed by atoms with Gasteiger partial charge in [-0.15, -0.1) is 11.3 Å². The van der Waals surface area contributed by atoms with Gasteiger partial charge in [-0.05, 0) is 43.2 Å². The number of benzene rings is 1. The van der Waals surface area contributed by atoms with Gasteiger partial charge in [0.25, 0.3) is 0 Å². The first-order valence-corrected chi connectivity index (χ1v) is 7.63. The molecule has 1 fully saturated rings. The number of carbonyl (C=O) groups is 1.